The first-order chi connectivity index (χ1) is 12.6. The summed E-state index contributed by atoms with van der Waals surface area (Å²) in [6, 6.07) is 0.368. The van der Waals surface area contributed by atoms with Gasteiger partial charge in [0.1, 0.15) is 0 Å². The predicted octanol–water partition coefficient (Wildman–Crippen LogP) is 2.43. The Bertz CT molecular complexity index is 677. The molecule has 1 N–H and O–H groups in total. The molecule has 0 bridgehead atoms. The minimum absolute atomic E-state index is 0.0872. The lowest BCUT2D eigenvalue weighted by molar-refractivity contribution is -0.135. The first-order valence-electron chi connectivity index (χ1n) is 10.2. The number of fused-ring (bicyclic) bond motifs is 1. The second-order valence-corrected chi connectivity index (χ2v) is 8.27. The normalized spacial score (nSPS) is 24.0. The van der Waals surface area contributed by atoms with Gasteiger partial charge in [0.25, 0.3) is 0 Å². The van der Waals surface area contributed by atoms with Crippen LogP contribution in [0.15, 0.2) is 0 Å². The summed E-state index contributed by atoms with van der Waals surface area (Å²) in [5, 5.41) is 7.67. The van der Waals surface area contributed by atoms with Gasteiger partial charge in [-0.25, -0.2) is 0 Å². The van der Waals surface area contributed by atoms with Gasteiger partial charge in [-0.3, -0.25) is 14.7 Å². The van der Waals surface area contributed by atoms with Crippen LogP contribution in [0.3, 0.4) is 0 Å². The zero-order valence-corrected chi connectivity index (χ0v) is 15.8. The molecule has 1 atom stereocenters. The summed E-state index contributed by atoms with van der Waals surface area (Å²) in [5.74, 6) is 0.0622. The summed E-state index contributed by atoms with van der Waals surface area (Å²) in [5.41, 5.74) is 3.58. The molecule has 4 rings (SSSR count). The van der Waals surface area contributed by atoms with E-state index in [1.807, 2.05) is 11.9 Å². The SMILES string of the molecule is CN(Cc1n[nH]c2c1CCCCC2)C(=O)[C@H]1CC(=O)N(C2CCCC2)C1. The molecule has 3 aliphatic rings. The lowest BCUT2D eigenvalue weighted by Crippen LogP contribution is -2.37. The van der Waals surface area contributed by atoms with Gasteiger partial charge >= 0.3 is 0 Å². The number of hydrogen-bond donors (Lipinski definition) is 1. The van der Waals surface area contributed by atoms with E-state index in [1.165, 1.54) is 43.4 Å². The van der Waals surface area contributed by atoms with E-state index in [2.05, 4.69) is 10.2 Å². The minimum atomic E-state index is -0.189. The van der Waals surface area contributed by atoms with Crippen molar-refractivity contribution in [1.29, 1.82) is 0 Å². The molecular weight excluding hydrogens is 328 g/mol. The van der Waals surface area contributed by atoms with E-state index < -0.39 is 0 Å². The third-order valence-corrected chi connectivity index (χ3v) is 6.43. The number of hydrogen-bond acceptors (Lipinski definition) is 3. The molecule has 0 spiro atoms. The predicted molar refractivity (Wildman–Crippen MR) is 98.4 cm³/mol. The van der Waals surface area contributed by atoms with Gasteiger partial charge in [0.2, 0.25) is 11.8 Å². The Kier molecular flexibility index (Phi) is 5.00. The summed E-state index contributed by atoms with van der Waals surface area (Å²) in [4.78, 5) is 29.1. The lowest BCUT2D eigenvalue weighted by atomic mass is 10.1. The molecule has 26 heavy (non-hydrogen) atoms. The van der Waals surface area contributed by atoms with Crippen LogP contribution in [0, 0.1) is 5.92 Å². The maximum absolute atomic E-state index is 12.9. The Labute approximate surface area is 155 Å². The van der Waals surface area contributed by atoms with Crippen LogP contribution >= 0.6 is 0 Å². The number of aromatic amines is 1. The van der Waals surface area contributed by atoms with Gasteiger partial charge in [-0.2, -0.15) is 5.10 Å². The molecule has 6 nitrogen and oxygen atoms in total. The summed E-state index contributed by atoms with van der Waals surface area (Å²) in [6.45, 7) is 1.14. The first kappa shape index (κ1) is 17.6. The van der Waals surface area contributed by atoms with E-state index >= 15 is 0 Å². The summed E-state index contributed by atoms with van der Waals surface area (Å²) >= 11 is 0. The lowest BCUT2D eigenvalue weighted by Gasteiger charge is -2.25. The average Bonchev–Trinajstić information content (AvgIpc) is 3.32. The Morgan fingerprint density at radius 3 is 2.77 bits per heavy atom. The van der Waals surface area contributed by atoms with Gasteiger partial charge in [-0.05, 0) is 44.1 Å². The fourth-order valence-electron chi connectivity index (χ4n) is 4.94. The number of nitrogens with one attached hydrogen (secondary N) is 1. The monoisotopic (exact) mass is 358 g/mol. The molecule has 2 aliphatic carbocycles. The molecule has 0 unspecified atom stereocenters. The first-order valence-corrected chi connectivity index (χ1v) is 10.2. The van der Waals surface area contributed by atoms with Gasteiger partial charge in [0.15, 0.2) is 0 Å². The van der Waals surface area contributed by atoms with Crippen molar-refractivity contribution < 1.29 is 9.59 Å². The Hall–Kier alpha value is -1.85. The Morgan fingerprint density at radius 1 is 1.19 bits per heavy atom. The molecule has 1 saturated heterocycles. The fourth-order valence-corrected chi connectivity index (χ4v) is 4.94. The highest BCUT2D eigenvalue weighted by atomic mass is 16.2. The number of nitrogens with zero attached hydrogens (tertiary/aromatic N) is 3. The minimum Gasteiger partial charge on any atom is -0.339 e. The van der Waals surface area contributed by atoms with Crippen LogP contribution in [-0.2, 0) is 29.0 Å². The molecule has 2 amide bonds. The topological polar surface area (TPSA) is 69.3 Å². The van der Waals surface area contributed by atoms with E-state index in [0.29, 0.717) is 25.6 Å². The standard InChI is InChI=1S/C20H30N4O2/c1-23(13-18-16-9-3-2-4-10-17(16)21-22-18)20(26)14-11-19(25)24(12-14)15-7-5-6-8-15/h14-15H,2-13H2,1H3,(H,21,22)/t14-/m0/s1. The molecule has 0 radical (unpaired) electrons. The Morgan fingerprint density at radius 2 is 1.96 bits per heavy atom. The van der Waals surface area contributed by atoms with Crippen LogP contribution in [0.2, 0.25) is 0 Å². The molecule has 1 aromatic heterocycles. The molecular formula is C20H30N4O2. The molecule has 1 saturated carbocycles. The zero-order chi connectivity index (χ0) is 18.1. The van der Waals surface area contributed by atoms with Crippen molar-refractivity contribution in [3.8, 4) is 0 Å². The number of rotatable bonds is 4. The third kappa shape index (κ3) is 3.38. The number of carbonyl (C=O) groups is 2. The van der Waals surface area contributed by atoms with Crippen molar-refractivity contribution in [3.63, 3.8) is 0 Å². The highest BCUT2D eigenvalue weighted by Crippen LogP contribution is 2.30. The molecule has 6 heteroatoms. The maximum Gasteiger partial charge on any atom is 0.228 e. The zero-order valence-electron chi connectivity index (χ0n) is 15.8. The largest absolute Gasteiger partial charge is 0.339 e. The summed E-state index contributed by atoms with van der Waals surface area (Å²) in [6.07, 6.45) is 10.8. The number of aryl methyl sites for hydroxylation is 1. The molecule has 142 valence electrons. The highest BCUT2D eigenvalue weighted by molar-refractivity contribution is 5.89. The maximum atomic E-state index is 12.9. The van der Waals surface area contributed by atoms with Crippen LogP contribution in [0.4, 0.5) is 0 Å². The summed E-state index contributed by atoms with van der Waals surface area (Å²) in [7, 11) is 1.85. The van der Waals surface area contributed by atoms with Gasteiger partial charge in [-0.15, -0.1) is 0 Å². The third-order valence-electron chi connectivity index (χ3n) is 6.43. The molecule has 2 heterocycles. The number of carbonyl (C=O) groups excluding carboxylic acids is 2. The number of aromatic nitrogens is 2. The van der Waals surface area contributed by atoms with Crippen LogP contribution in [0.25, 0.3) is 0 Å². The number of likely N-dealkylation sites (tertiary alicyclic amines) is 1. The quantitative estimate of drug-likeness (QED) is 0.841. The van der Waals surface area contributed by atoms with Gasteiger partial charge in [-0.1, -0.05) is 19.3 Å². The Balaban J connectivity index is 1.39. The summed E-state index contributed by atoms with van der Waals surface area (Å²) < 4.78 is 0. The fraction of sp³-hybridized carbons (Fsp3) is 0.750. The van der Waals surface area contributed by atoms with Gasteiger partial charge < -0.3 is 9.80 Å². The van der Waals surface area contributed by atoms with Crippen molar-refractivity contribution in [1.82, 2.24) is 20.0 Å². The second kappa shape index (κ2) is 7.41. The van der Waals surface area contributed by atoms with Crippen LogP contribution in [0.5, 0.6) is 0 Å². The highest BCUT2D eigenvalue weighted by Gasteiger charge is 2.39. The molecule has 1 aliphatic heterocycles. The van der Waals surface area contributed by atoms with Gasteiger partial charge in [0.05, 0.1) is 18.2 Å². The molecule has 1 aromatic rings. The second-order valence-electron chi connectivity index (χ2n) is 8.27. The van der Waals surface area contributed by atoms with Crippen molar-refractivity contribution in [2.75, 3.05) is 13.6 Å². The van der Waals surface area contributed by atoms with E-state index in [4.69, 9.17) is 0 Å². The molecule has 0 aromatic carbocycles. The van der Waals surface area contributed by atoms with E-state index in [0.717, 1.165) is 31.4 Å². The van der Waals surface area contributed by atoms with E-state index in [1.54, 1.807) is 4.90 Å². The van der Waals surface area contributed by atoms with Crippen molar-refractivity contribution in [3.05, 3.63) is 17.0 Å². The van der Waals surface area contributed by atoms with E-state index in [9.17, 15) is 9.59 Å². The van der Waals surface area contributed by atoms with Crippen molar-refractivity contribution >= 4 is 11.8 Å². The van der Waals surface area contributed by atoms with Crippen LogP contribution < -0.4 is 0 Å². The van der Waals surface area contributed by atoms with E-state index in [-0.39, 0.29) is 17.7 Å². The van der Waals surface area contributed by atoms with Crippen molar-refractivity contribution in [2.24, 2.45) is 5.92 Å². The number of amides is 2. The smallest absolute Gasteiger partial charge is 0.228 e. The van der Waals surface area contributed by atoms with Gasteiger partial charge in [0, 0.05) is 31.7 Å². The number of H-pyrrole nitrogens is 1. The van der Waals surface area contributed by atoms with Crippen molar-refractivity contribution in [2.45, 2.75) is 76.8 Å². The van der Waals surface area contributed by atoms with Crippen LogP contribution in [0.1, 0.15) is 68.3 Å². The average molecular weight is 358 g/mol. The van der Waals surface area contributed by atoms with Crippen LogP contribution in [-0.4, -0.2) is 51.4 Å². The molecule has 2 fully saturated rings.